The molecule has 162 valence electrons. The summed E-state index contributed by atoms with van der Waals surface area (Å²) in [5.41, 5.74) is 0.396. The predicted molar refractivity (Wildman–Crippen MR) is 115 cm³/mol. The van der Waals surface area contributed by atoms with Gasteiger partial charge in [0.15, 0.2) is 0 Å². The van der Waals surface area contributed by atoms with Gasteiger partial charge in [0.25, 0.3) is 0 Å². The van der Waals surface area contributed by atoms with Crippen molar-refractivity contribution in [1.82, 2.24) is 0 Å². The van der Waals surface area contributed by atoms with E-state index in [1.807, 2.05) is 13.8 Å². The number of esters is 1. The summed E-state index contributed by atoms with van der Waals surface area (Å²) in [7, 11) is 1.27. The first-order valence-corrected chi connectivity index (χ1v) is 11.0. The number of benzene rings is 1. The minimum atomic E-state index is -0.720. The Hall–Kier alpha value is -2.28. The van der Waals surface area contributed by atoms with Crippen LogP contribution >= 0.6 is 11.3 Å². The van der Waals surface area contributed by atoms with Crippen LogP contribution in [0.15, 0.2) is 24.3 Å². The summed E-state index contributed by atoms with van der Waals surface area (Å²) in [6.07, 6.45) is 3.65. The van der Waals surface area contributed by atoms with Crippen molar-refractivity contribution in [3.8, 4) is 10.4 Å². The molecule has 0 N–H and O–H groups in total. The van der Waals surface area contributed by atoms with Crippen LogP contribution in [0.3, 0.4) is 0 Å². The third-order valence-corrected chi connectivity index (χ3v) is 6.82. The number of carbonyl (C=O) groups is 2. The molecule has 1 aliphatic rings. The van der Waals surface area contributed by atoms with Crippen molar-refractivity contribution >= 4 is 28.2 Å². The average Bonchev–Trinajstić information content (AvgIpc) is 3.12. The maximum atomic E-state index is 14.4. The maximum absolute atomic E-state index is 14.4. The molecule has 4 nitrogen and oxygen atoms in total. The van der Waals surface area contributed by atoms with E-state index >= 15 is 0 Å². The topological polar surface area (TPSA) is 46.6 Å². The van der Waals surface area contributed by atoms with Crippen molar-refractivity contribution in [3.05, 3.63) is 41.5 Å². The highest BCUT2D eigenvalue weighted by atomic mass is 32.1. The van der Waals surface area contributed by atoms with Gasteiger partial charge in [0.2, 0.25) is 5.91 Å². The van der Waals surface area contributed by atoms with Crippen molar-refractivity contribution in [2.45, 2.75) is 52.5 Å². The van der Waals surface area contributed by atoms with Gasteiger partial charge >= 0.3 is 5.97 Å². The number of methoxy groups -OCH3 is 1. The van der Waals surface area contributed by atoms with Crippen LogP contribution in [-0.4, -0.2) is 25.0 Å². The van der Waals surface area contributed by atoms with Crippen LogP contribution in [0.1, 0.15) is 56.8 Å². The van der Waals surface area contributed by atoms with Crippen LogP contribution < -0.4 is 4.90 Å². The predicted octanol–water partition coefficient (Wildman–Crippen LogP) is 6.05. The van der Waals surface area contributed by atoms with E-state index in [4.69, 9.17) is 4.74 Å². The third-order valence-electron chi connectivity index (χ3n) is 5.65. The molecular formula is C23H27F2NO3S. The normalized spacial score (nSPS) is 19.0. The molecule has 2 aromatic rings. The SMILES string of the molecule is COC(=O)c1cc(-c2ccc(F)cc2F)sc1N(C(=O)[C@H]1CC[C@H](C)CC1)C(C)C. The number of thiophene rings is 1. The number of nitrogens with zero attached hydrogens (tertiary/aromatic N) is 1. The van der Waals surface area contributed by atoms with Gasteiger partial charge in [-0.1, -0.05) is 6.92 Å². The average molecular weight is 436 g/mol. The maximum Gasteiger partial charge on any atom is 0.340 e. The molecule has 0 spiro atoms. The van der Waals surface area contributed by atoms with Crippen molar-refractivity contribution in [3.63, 3.8) is 0 Å². The fraction of sp³-hybridized carbons (Fsp3) is 0.478. The minimum absolute atomic E-state index is 0.0185. The quantitative estimate of drug-likeness (QED) is 0.537. The lowest BCUT2D eigenvalue weighted by Gasteiger charge is -2.33. The lowest BCUT2D eigenvalue weighted by atomic mass is 9.82. The highest BCUT2D eigenvalue weighted by molar-refractivity contribution is 7.20. The van der Waals surface area contributed by atoms with Gasteiger partial charge in [-0.15, -0.1) is 11.3 Å². The molecule has 30 heavy (non-hydrogen) atoms. The third kappa shape index (κ3) is 4.56. The van der Waals surface area contributed by atoms with E-state index in [0.29, 0.717) is 15.8 Å². The van der Waals surface area contributed by atoms with E-state index < -0.39 is 17.6 Å². The Morgan fingerprint density at radius 1 is 1.13 bits per heavy atom. The van der Waals surface area contributed by atoms with Crippen LogP contribution in [0, 0.1) is 23.5 Å². The summed E-state index contributed by atoms with van der Waals surface area (Å²) < 4.78 is 32.6. The largest absolute Gasteiger partial charge is 0.465 e. The zero-order valence-electron chi connectivity index (χ0n) is 17.7. The van der Waals surface area contributed by atoms with E-state index in [9.17, 15) is 18.4 Å². The summed E-state index contributed by atoms with van der Waals surface area (Å²) in [6.45, 7) is 5.98. The second kappa shape index (κ2) is 9.25. The van der Waals surface area contributed by atoms with Crippen molar-refractivity contribution < 1.29 is 23.1 Å². The molecule has 0 atom stereocenters. The van der Waals surface area contributed by atoms with Gasteiger partial charge in [0.05, 0.1) is 12.7 Å². The van der Waals surface area contributed by atoms with E-state index in [1.54, 1.807) is 4.90 Å². The van der Waals surface area contributed by atoms with Crippen LogP contribution in [0.2, 0.25) is 0 Å². The molecule has 1 saturated carbocycles. The Kier molecular flexibility index (Phi) is 6.91. The zero-order valence-corrected chi connectivity index (χ0v) is 18.5. The molecule has 1 amide bonds. The molecule has 1 heterocycles. The first-order valence-electron chi connectivity index (χ1n) is 10.2. The standard InChI is InChI=1S/C23H27F2NO3S/c1-13(2)26(21(27)15-7-5-14(3)6-8-15)22-18(23(28)29-4)12-20(30-22)17-10-9-16(24)11-19(17)25/h9-15H,5-8H2,1-4H3/t14-,15-. The number of halogens is 2. The number of anilines is 1. The Balaban J connectivity index is 2.05. The van der Waals surface area contributed by atoms with Crippen LogP contribution in [0.4, 0.5) is 13.8 Å². The van der Waals surface area contributed by atoms with Crippen molar-refractivity contribution in [1.29, 1.82) is 0 Å². The molecule has 1 aromatic heterocycles. The Morgan fingerprint density at radius 3 is 2.37 bits per heavy atom. The molecule has 1 aliphatic carbocycles. The number of hydrogen-bond acceptors (Lipinski definition) is 4. The Labute approximate surface area is 179 Å². The van der Waals surface area contributed by atoms with Gasteiger partial charge in [0, 0.05) is 28.5 Å². The highest BCUT2D eigenvalue weighted by Gasteiger charge is 2.34. The van der Waals surface area contributed by atoms with Gasteiger partial charge in [0.1, 0.15) is 16.6 Å². The van der Waals surface area contributed by atoms with Gasteiger partial charge in [-0.05, 0) is 63.6 Å². The van der Waals surface area contributed by atoms with Crippen LogP contribution in [0.25, 0.3) is 10.4 Å². The fourth-order valence-corrected chi connectivity index (χ4v) is 5.24. The Bertz CT molecular complexity index is 933. The zero-order chi connectivity index (χ0) is 22.0. The van der Waals surface area contributed by atoms with Gasteiger partial charge in [-0.3, -0.25) is 4.79 Å². The molecular weight excluding hydrogens is 408 g/mol. The molecule has 0 bridgehead atoms. The number of amides is 1. The number of carbonyl (C=O) groups excluding carboxylic acids is 2. The molecule has 1 fully saturated rings. The number of hydrogen-bond donors (Lipinski definition) is 0. The summed E-state index contributed by atoms with van der Waals surface area (Å²) in [4.78, 5) is 28.0. The first-order chi connectivity index (χ1) is 14.2. The molecule has 7 heteroatoms. The summed E-state index contributed by atoms with van der Waals surface area (Å²) in [5.74, 6) is -1.49. The molecule has 0 radical (unpaired) electrons. The van der Waals surface area contributed by atoms with E-state index in [-0.39, 0.29) is 29.0 Å². The van der Waals surface area contributed by atoms with Crippen LogP contribution in [-0.2, 0) is 9.53 Å². The second-order valence-electron chi connectivity index (χ2n) is 8.20. The molecule has 0 unspecified atom stereocenters. The summed E-state index contributed by atoms with van der Waals surface area (Å²) in [6, 6.07) is 4.65. The second-order valence-corrected chi connectivity index (χ2v) is 9.23. The number of rotatable bonds is 5. The van der Waals surface area contributed by atoms with Crippen molar-refractivity contribution in [2.24, 2.45) is 11.8 Å². The number of ether oxygens (including phenoxy) is 1. The fourth-order valence-electron chi connectivity index (χ4n) is 3.93. The van der Waals surface area contributed by atoms with Crippen molar-refractivity contribution in [2.75, 3.05) is 12.0 Å². The lowest BCUT2D eigenvalue weighted by molar-refractivity contribution is -0.123. The first kappa shape index (κ1) is 22.4. The van der Waals surface area contributed by atoms with Gasteiger partial charge in [-0.25, -0.2) is 13.6 Å². The molecule has 1 aromatic carbocycles. The van der Waals surface area contributed by atoms with Crippen LogP contribution in [0.5, 0.6) is 0 Å². The molecule has 0 saturated heterocycles. The summed E-state index contributed by atoms with van der Waals surface area (Å²) >= 11 is 1.15. The van der Waals surface area contributed by atoms with E-state index in [1.165, 1.54) is 25.3 Å². The Morgan fingerprint density at radius 2 is 1.80 bits per heavy atom. The van der Waals surface area contributed by atoms with E-state index in [0.717, 1.165) is 43.1 Å². The molecule has 0 aliphatic heterocycles. The lowest BCUT2D eigenvalue weighted by Crippen LogP contribution is -2.42. The smallest absolute Gasteiger partial charge is 0.340 e. The van der Waals surface area contributed by atoms with Gasteiger partial charge < -0.3 is 9.64 Å². The highest BCUT2D eigenvalue weighted by Crippen LogP contribution is 2.41. The molecule has 3 rings (SSSR count). The minimum Gasteiger partial charge on any atom is -0.465 e. The monoisotopic (exact) mass is 435 g/mol. The summed E-state index contributed by atoms with van der Waals surface area (Å²) in [5, 5.41) is 0.444. The van der Waals surface area contributed by atoms with Gasteiger partial charge in [-0.2, -0.15) is 0 Å². The van der Waals surface area contributed by atoms with E-state index in [2.05, 4.69) is 6.92 Å².